The fourth-order valence-electron chi connectivity index (χ4n) is 2.60. The van der Waals surface area contributed by atoms with Crippen LogP contribution in [0, 0.1) is 0 Å². The molecule has 2 N–H and O–H groups in total. The first kappa shape index (κ1) is 11.3. The van der Waals surface area contributed by atoms with Crippen molar-refractivity contribution in [2.75, 3.05) is 30.8 Å². The second kappa shape index (κ2) is 4.46. The van der Waals surface area contributed by atoms with E-state index in [4.69, 9.17) is 10.5 Å². The molecule has 5 heteroatoms. The summed E-state index contributed by atoms with van der Waals surface area (Å²) >= 11 is 1.56. The minimum Gasteiger partial charge on any atom is -0.383 e. The van der Waals surface area contributed by atoms with Crippen molar-refractivity contribution in [3.63, 3.8) is 0 Å². The highest BCUT2D eigenvalue weighted by Gasteiger charge is 2.33. The molecule has 17 heavy (non-hydrogen) atoms. The SMILES string of the molecule is COC1CCCN(c2snc(N)c2C2CC2)C1. The molecule has 0 aromatic carbocycles. The summed E-state index contributed by atoms with van der Waals surface area (Å²) in [6.45, 7) is 2.10. The van der Waals surface area contributed by atoms with Gasteiger partial charge in [0, 0.05) is 25.8 Å². The Balaban J connectivity index is 1.83. The van der Waals surface area contributed by atoms with Gasteiger partial charge in [0.2, 0.25) is 0 Å². The topological polar surface area (TPSA) is 51.4 Å². The predicted octanol–water partition coefficient (Wildman–Crippen LogP) is 2.22. The zero-order valence-corrected chi connectivity index (χ0v) is 11.0. The first-order valence-electron chi connectivity index (χ1n) is 6.32. The molecule has 1 unspecified atom stereocenters. The van der Waals surface area contributed by atoms with Gasteiger partial charge in [-0.3, -0.25) is 0 Å². The van der Waals surface area contributed by atoms with Gasteiger partial charge in [0.15, 0.2) is 0 Å². The average Bonchev–Trinajstić information content (AvgIpc) is 3.12. The van der Waals surface area contributed by atoms with Crippen LogP contribution in [-0.4, -0.2) is 30.7 Å². The lowest BCUT2D eigenvalue weighted by atomic mass is 10.1. The van der Waals surface area contributed by atoms with E-state index in [2.05, 4.69) is 9.27 Å². The minimum atomic E-state index is 0.360. The summed E-state index contributed by atoms with van der Waals surface area (Å²) in [5.74, 6) is 1.43. The number of anilines is 2. The maximum Gasteiger partial charge on any atom is 0.142 e. The predicted molar refractivity (Wildman–Crippen MR) is 70.7 cm³/mol. The molecule has 1 aromatic heterocycles. The Morgan fingerprint density at radius 2 is 2.24 bits per heavy atom. The Bertz CT molecular complexity index is 402. The van der Waals surface area contributed by atoms with E-state index < -0.39 is 0 Å². The van der Waals surface area contributed by atoms with E-state index in [9.17, 15) is 0 Å². The summed E-state index contributed by atoms with van der Waals surface area (Å²) in [4.78, 5) is 2.42. The van der Waals surface area contributed by atoms with E-state index in [1.165, 1.54) is 36.2 Å². The largest absolute Gasteiger partial charge is 0.383 e. The van der Waals surface area contributed by atoms with Crippen molar-refractivity contribution in [1.82, 2.24) is 4.37 Å². The van der Waals surface area contributed by atoms with Crippen LogP contribution in [0.3, 0.4) is 0 Å². The van der Waals surface area contributed by atoms with Crippen molar-refractivity contribution in [1.29, 1.82) is 0 Å². The van der Waals surface area contributed by atoms with Gasteiger partial charge in [-0.1, -0.05) is 0 Å². The van der Waals surface area contributed by atoms with Crippen LogP contribution in [0.25, 0.3) is 0 Å². The maximum absolute atomic E-state index is 6.00. The molecule has 0 radical (unpaired) electrons. The molecular weight excluding hydrogens is 234 g/mol. The molecule has 1 saturated heterocycles. The third-order valence-electron chi connectivity index (χ3n) is 3.72. The number of aromatic nitrogens is 1. The minimum absolute atomic E-state index is 0.360. The summed E-state index contributed by atoms with van der Waals surface area (Å²) in [6.07, 6.45) is 5.27. The Morgan fingerprint density at radius 3 is 2.94 bits per heavy atom. The molecule has 2 fully saturated rings. The van der Waals surface area contributed by atoms with Gasteiger partial charge in [-0.05, 0) is 43.1 Å². The first-order chi connectivity index (χ1) is 8.29. The van der Waals surface area contributed by atoms with Crippen LogP contribution >= 0.6 is 11.5 Å². The standard InChI is InChI=1S/C12H19N3OS/c1-16-9-3-2-6-15(7-9)12-10(8-4-5-8)11(13)14-17-12/h8-9H,2-7H2,1H3,(H2,13,14). The Hall–Kier alpha value is -0.810. The van der Waals surface area contributed by atoms with Gasteiger partial charge in [-0.2, -0.15) is 4.37 Å². The average molecular weight is 253 g/mol. The number of piperidine rings is 1. The molecule has 1 saturated carbocycles. The number of nitrogen functional groups attached to an aromatic ring is 1. The lowest BCUT2D eigenvalue weighted by Crippen LogP contribution is -2.39. The van der Waals surface area contributed by atoms with Gasteiger partial charge in [-0.15, -0.1) is 0 Å². The number of hydrogen-bond acceptors (Lipinski definition) is 5. The second-order valence-corrected chi connectivity index (χ2v) is 5.76. The van der Waals surface area contributed by atoms with E-state index in [0.717, 1.165) is 18.9 Å². The van der Waals surface area contributed by atoms with Crippen molar-refractivity contribution in [3.05, 3.63) is 5.56 Å². The molecule has 0 bridgehead atoms. The van der Waals surface area contributed by atoms with Gasteiger partial charge in [0.1, 0.15) is 10.8 Å². The lowest BCUT2D eigenvalue weighted by Gasteiger charge is -2.33. The fraction of sp³-hybridized carbons (Fsp3) is 0.750. The molecule has 0 amide bonds. The fourth-order valence-corrected chi connectivity index (χ4v) is 3.53. The molecule has 1 atom stereocenters. The van der Waals surface area contributed by atoms with E-state index in [-0.39, 0.29) is 0 Å². The number of hydrogen-bond donors (Lipinski definition) is 1. The van der Waals surface area contributed by atoms with Crippen molar-refractivity contribution >= 4 is 22.4 Å². The third kappa shape index (κ3) is 2.13. The second-order valence-electron chi connectivity index (χ2n) is 5.01. The van der Waals surface area contributed by atoms with Crippen LogP contribution in [-0.2, 0) is 4.74 Å². The molecule has 94 valence electrons. The quantitative estimate of drug-likeness (QED) is 0.897. The summed E-state index contributed by atoms with van der Waals surface area (Å²) < 4.78 is 9.82. The molecule has 0 spiro atoms. The number of methoxy groups -OCH3 is 1. The highest BCUT2D eigenvalue weighted by Crippen LogP contribution is 2.49. The maximum atomic E-state index is 6.00. The van der Waals surface area contributed by atoms with E-state index in [0.29, 0.717) is 12.0 Å². The summed E-state index contributed by atoms with van der Waals surface area (Å²) in [7, 11) is 1.80. The molecule has 3 rings (SSSR count). The first-order valence-corrected chi connectivity index (χ1v) is 7.09. The molecule has 2 heterocycles. The molecule has 1 aromatic rings. The van der Waals surface area contributed by atoms with Crippen LogP contribution in [0.5, 0.6) is 0 Å². The number of nitrogens with two attached hydrogens (primary N) is 1. The third-order valence-corrected chi connectivity index (χ3v) is 4.66. The van der Waals surface area contributed by atoms with Gasteiger partial charge in [-0.25, -0.2) is 0 Å². The zero-order valence-electron chi connectivity index (χ0n) is 10.2. The Morgan fingerprint density at radius 1 is 1.41 bits per heavy atom. The Kier molecular flexibility index (Phi) is 2.96. The van der Waals surface area contributed by atoms with E-state index in [1.54, 1.807) is 18.6 Å². The highest BCUT2D eigenvalue weighted by molar-refractivity contribution is 7.10. The monoisotopic (exact) mass is 253 g/mol. The van der Waals surface area contributed by atoms with Crippen LogP contribution < -0.4 is 10.6 Å². The van der Waals surface area contributed by atoms with E-state index in [1.807, 2.05) is 0 Å². The van der Waals surface area contributed by atoms with Gasteiger partial charge >= 0.3 is 0 Å². The molecule has 1 aliphatic carbocycles. The number of rotatable bonds is 3. The van der Waals surface area contributed by atoms with Crippen LogP contribution in [0.15, 0.2) is 0 Å². The van der Waals surface area contributed by atoms with Crippen molar-refractivity contribution in [2.45, 2.75) is 37.7 Å². The summed E-state index contributed by atoms with van der Waals surface area (Å²) in [6, 6.07) is 0. The number of ether oxygens (including phenoxy) is 1. The zero-order chi connectivity index (χ0) is 11.8. The van der Waals surface area contributed by atoms with Crippen molar-refractivity contribution < 1.29 is 4.74 Å². The van der Waals surface area contributed by atoms with Crippen LogP contribution in [0.1, 0.15) is 37.2 Å². The molecular formula is C12H19N3OS. The van der Waals surface area contributed by atoms with Gasteiger partial charge in [0.25, 0.3) is 0 Å². The van der Waals surface area contributed by atoms with Crippen molar-refractivity contribution in [2.24, 2.45) is 0 Å². The highest BCUT2D eigenvalue weighted by atomic mass is 32.1. The van der Waals surface area contributed by atoms with Gasteiger partial charge < -0.3 is 15.4 Å². The van der Waals surface area contributed by atoms with Gasteiger partial charge in [0.05, 0.1) is 6.10 Å². The Labute approximate surface area is 106 Å². The molecule has 1 aliphatic heterocycles. The molecule has 2 aliphatic rings. The van der Waals surface area contributed by atoms with Crippen LogP contribution in [0.4, 0.5) is 10.8 Å². The molecule has 4 nitrogen and oxygen atoms in total. The van der Waals surface area contributed by atoms with Crippen LogP contribution in [0.2, 0.25) is 0 Å². The number of nitrogens with zero attached hydrogens (tertiary/aromatic N) is 2. The smallest absolute Gasteiger partial charge is 0.142 e. The summed E-state index contributed by atoms with van der Waals surface area (Å²) in [5.41, 5.74) is 7.31. The summed E-state index contributed by atoms with van der Waals surface area (Å²) in [5, 5.41) is 1.30. The normalized spacial score (nSPS) is 25.2. The lowest BCUT2D eigenvalue weighted by molar-refractivity contribution is 0.0895. The van der Waals surface area contributed by atoms with E-state index >= 15 is 0 Å². The van der Waals surface area contributed by atoms with Crippen molar-refractivity contribution in [3.8, 4) is 0 Å².